The van der Waals surface area contributed by atoms with Gasteiger partial charge in [-0.15, -0.1) is 0 Å². The molecular formula is C20H42Zr. The van der Waals surface area contributed by atoms with E-state index in [9.17, 15) is 0 Å². The maximum Gasteiger partial charge on any atom is 4.00 e. The van der Waals surface area contributed by atoms with Crippen LogP contribution in [0.15, 0.2) is 0 Å². The van der Waals surface area contributed by atoms with E-state index in [1.165, 1.54) is 64.2 Å². The first-order chi connectivity index (χ1) is 7.79. The molecule has 3 rings (SSSR count). The molecule has 1 heteroatoms. The molecule has 0 heterocycles. The Labute approximate surface area is 157 Å². The van der Waals surface area contributed by atoms with E-state index >= 15 is 0 Å². The van der Waals surface area contributed by atoms with Gasteiger partial charge in [0.15, 0.2) is 0 Å². The summed E-state index contributed by atoms with van der Waals surface area (Å²) in [6, 6.07) is 0. The first-order valence-corrected chi connectivity index (χ1v) is 7.79. The number of hydrogen-bond acceptors (Lipinski definition) is 0. The predicted molar refractivity (Wildman–Crippen MR) is 97.1 cm³/mol. The Morgan fingerprint density at radius 3 is 1.10 bits per heavy atom. The minimum Gasteiger partial charge on any atom is -0.358 e. The van der Waals surface area contributed by atoms with E-state index in [-0.39, 0.29) is 55.9 Å². The average Bonchev–Trinajstić information content (AvgIpc) is 2.94. The van der Waals surface area contributed by atoms with Gasteiger partial charge in [0, 0.05) is 0 Å². The topological polar surface area (TPSA) is 0 Å². The van der Waals surface area contributed by atoms with Gasteiger partial charge in [-0.2, -0.15) is 0 Å². The molecule has 126 valence electrons. The van der Waals surface area contributed by atoms with Crippen LogP contribution < -0.4 is 0 Å². The third-order valence-electron chi connectivity index (χ3n) is 5.33. The van der Waals surface area contributed by atoms with Crippen LogP contribution in [0.2, 0.25) is 0 Å². The van der Waals surface area contributed by atoms with Gasteiger partial charge in [-0.3, -0.25) is 0 Å². The summed E-state index contributed by atoms with van der Waals surface area (Å²) in [4.78, 5) is 0. The van der Waals surface area contributed by atoms with Crippen molar-refractivity contribution < 1.29 is 26.2 Å². The molecule has 0 radical (unpaired) electrons. The molecule has 0 aromatic heterocycles. The second-order valence-corrected chi connectivity index (χ2v) is 6.57. The van der Waals surface area contributed by atoms with Crippen LogP contribution >= 0.6 is 0 Å². The summed E-state index contributed by atoms with van der Waals surface area (Å²) in [5.74, 6) is 4.29. The van der Waals surface area contributed by atoms with Crippen LogP contribution in [0, 0.1) is 53.4 Å². The van der Waals surface area contributed by atoms with Crippen LogP contribution in [0.3, 0.4) is 0 Å². The van der Waals surface area contributed by atoms with Crippen molar-refractivity contribution in [1.29, 1.82) is 0 Å². The monoisotopic (exact) mass is 372 g/mol. The third-order valence-corrected chi connectivity index (χ3v) is 5.33. The van der Waals surface area contributed by atoms with Crippen molar-refractivity contribution in [2.45, 2.75) is 78.1 Å². The predicted octanol–water partition coefficient (Wildman–Crippen LogP) is 7.22. The quantitative estimate of drug-likeness (QED) is 0.393. The van der Waals surface area contributed by atoms with E-state index in [1.54, 1.807) is 0 Å². The molecule has 4 unspecified atom stereocenters. The molecule has 0 aromatic carbocycles. The summed E-state index contributed by atoms with van der Waals surface area (Å²) in [6.45, 7) is 4.93. The number of rotatable bonds is 0. The van der Waals surface area contributed by atoms with Crippen LogP contribution in [0.5, 0.6) is 0 Å². The molecular weight excluding hydrogens is 331 g/mol. The molecule has 0 spiro atoms. The van der Waals surface area contributed by atoms with E-state index in [4.69, 9.17) is 0 Å². The van der Waals surface area contributed by atoms with Gasteiger partial charge in [-0.05, 0) is 42.9 Å². The van der Waals surface area contributed by atoms with Gasteiger partial charge in [0.25, 0.3) is 0 Å². The molecule has 0 aromatic rings. The van der Waals surface area contributed by atoms with E-state index in [0.29, 0.717) is 0 Å². The maximum absolute atomic E-state index is 2.46. The van der Waals surface area contributed by atoms with Crippen molar-refractivity contribution in [1.82, 2.24) is 0 Å². The first-order valence-electron chi connectivity index (χ1n) is 7.79. The first kappa shape index (κ1) is 29.8. The normalized spacial score (nSPS) is 32.3. The van der Waals surface area contributed by atoms with Gasteiger partial charge in [0.1, 0.15) is 0 Å². The van der Waals surface area contributed by atoms with Gasteiger partial charge >= 0.3 is 26.2 Å². The molecule has 0 saturated heterocycles. The van der Waals surface area contributed by atoms with Crippen molar-refractivity contribution in [3.63, 3.8) is 0 Å². The van der Waals surface area contributed by atoms with Crippen LogP contribution in [-0.2, 0) is 26.2 Å². The van der Waals surface area contributed by atoms with E-state index in [0.717, 1.165) is 23.7 Å². The Morgan fingerprint density at radius 1 is 0.524 bits per heavy atom. The summed E-state index contributed by atoms with van der Waals surface area (Å²) in [5.41, 5.74) is 0. The van der Waals surface area contributed by atoms with Crippen molar-refractivity contribution in [3.8, 4) is 0 Å². The second kappa shape index (κ2) is 15.8. The van der Waals surface area contributed by atoms with Crippen molar-refractivity contribution in [2.24, 2.45) is 23.7 Å². The summed E-state index contributed by atoms with van der Waals surface area (Å²) >= 11 is 0. The van der Waals surface area contributed by atoms with Crippen LogP contribution in [0.4, 0.5) is 0 Å². The van der Waals surface area contributed by atoms with Gasteiger partial charge in [-0.25, -0.2) is 0 Å². The van der Waals surface area contributed by atoms with E-state index in [2.05, 4.69) is 13.8 Å². The van der Waals surface area contributed by atoms with E-state index < -0.39 is 0 Å². The van der Waals surface area contributed by atoms with Gasteiger partial charge in [0.2, 0.25) is 0 Å². The van der Waals surface area contributed by atoms with Crippen molar-refractivity contribution in [3.05, 3.63) is 29.7 Å². The molecule has 4 atom stereocenters. The molecule has 3 aliphatic carbocycles. The molecule has 3 saturated carbocycles. The standard InChI is InChI=1S/C11H20.C5H10.4CH3.Zr/c1-8-7-9(2)11-6-4-3-5-10(8)11;1-2-4-5-3-1;;;;;/h8-11H,3-7H2,1-2H3;1-5H2;4*1H3;/q;;4*-1;+4. The zero-order valence-electron chi connectivity index (χ0n) is 15.9. The van der Waals surface area contributed by atoms with Crippen molar-refractivity contribution in [2.75, 3.05) is 0 Å². The minimum atomic E-state index is 0. The van der Waals surface area contributed by atoms with Crippen molar-refractivity contribution >= 4 is 0 Å². The molecule has 3 aliphatic rings. The third kappa shape index (κ3) is 8.93. The zero-order chi connectivity index (χ0) is 11.4. The molecule has 3 fully saturated rings. The largest absolute Gasteiger partial charge is 4.00 e. The molecule has 0 bridgehead atoms. The fourth-order valence-corrected chi connectivity index (χ4v) is 4.42. The SMILES string of the molecule is C1CCCC1.CC1CC(C)C2CCCCC12.[CH3-].[CH3-].[CH3-].[CH3-].[Zr+4]. The Hall–Kier alpha value is 0.883. The van der Waals surface area contributed by atoms with Gasteiger partial charge < -0.3 is 29.7 Å². The summed E-state index contributed by atoms with van der Waals surface area (Å²) in [5, 5.41) is 0. The molecule has 21 heavy (non-hydrogen) atoms. The fraction of sp³-hybridized carbons (Fsp3) is 0.800. The van der Waals surface area contributed by atoms with E-state index in [1.807, 2.05) is 0 Å². The Kier molecular flexibility index (Phi) is 22.4. The van der Waals surface area contributed by atoms with Crippen LogP contribution in [0.25, 0.3) is 0 Å². The Balaban J connectivity index is -0.000000129. The Morgan fingerprint density at radius 2 is 0.810 bits per heavy atom. The van der Waals surface area contributed by atoms with Crippen LogP contribution in [0.1, 0.15) is 78.1 Å². The molecule has 0 nitrogen and oxygen atoms in total. The fourth-order valence-electron chi connectivity index (χ4n) is 4.42. The summed E-state index contributed by atoms with van der Waals surface area (Å²) in [6.07, 6.45) is 15.1. The maximum atomic E-state index is 2.46. The Bertz CT molecular complexity index is 174. The average molecular weight is 374 g/mol. The smallest absolute Gasteiger partial charge is 0.358 e. The second-order valence-electron chi connectivity index (χ2n) is 6.57. The number of fused-ring (bicyclic) bond motifs is 1. The zero-order valence-corrected chi connectivity index (χ0v) is 18.3. The van der Waals surface area contributed by atoms with Crippen LogP contribution in [-0.4, -0.2) is 0 Å². The van der Waals surface area contributed by atoms with Gasteiger partial charge in [0.05, 0.1) is 0 Å². The number of hydrogen-bond donors (Lipinski definition) is 0. The summed E-state index contributed by atoms with van der Waals surface area (Å²) < 4.78 is 0. The molecule has 0 aliphatic heterocycles. The van der Waals surface area contributed by atoms with Gasteiger partial charge in [-0.1, -0.05) is 58.8 Å². The molecule has 0 N–H and O–H groups in total. The minimum absolute atomic E-state index is 0. The summed E-state index contributed by atoms with van der Waals surface area (Å²) in [7, 11) is 0. The molecule has 0 amide bonds.